The number of rotatable bonds is 7. The summed E-state index contributed by atoms with van der Waals surface area (Å²) < 4.78 is 0. The molecule has 1 aliphatic heterocycles. The van der Waals surface area contributed by atoms with E-state index in [0.29, 0.717) is 0 Å². The molecule has 0 aliphatic carbocycles. The van der Waals surface area contributed by atoms with Gasteiger partial charge in [-0.3, -0.25) is 0 Å². The van der Waals surface area contributed by atoms with Crippen LogP contribution in [0.15, 0.2) is 103 Å². The molecule has 1 atom stereocenters. The van der Waals surface area contributed by atoms with Crippen molar-refractivity contribution in [2.45, 2.75) is 12.5 Å². The van der Waals surface area contributed by atoms with Crippen LogP contribution < -0.4 is 0 Å². The van der Waals surface area contributed by atoms with E-state index in [2.05, 4.69) is 127 Å². The van der Waals surface area contributed by atoms with Crippen LogP contribution in [0.1, 0.15) is 29.2 Å². The summed E-state index contributed by atoms with van der Waals surface area (Å²) in [5.74, 6) is 0. The monoisotopic (exact) mass is 394 g/mol. The third-order valence-corrected chi connectivity index (χ3v) is 5.60. The first-order valence-electron chi connectivity index (χ1n) is 10.7. The summed E-state index contributed by atoms with van der Waals surface area (Å²) in [5, 5.41) is 0. The lowest BCUT2D eigenvalue weighted by atomic mass is 9.91. The summed E-state index contributed by atoms with van der Waals surface area (Å²) in [5.41, 5.74) is 6.44. The fourth-order valence-corrected chi connectivity index (χ4v) is 4.10. The first-order valence-corrected chi connectivity index (χ1v) is 10.7. The van der Waals surface area contributed by atoms with Gasteiger partial charge >= 0.3 is 0 Å². The summed E-state index contributed by atoms with van der Waals surface area (Å²) in [6.07, 6.45) is 5.90. The molecule has 152 valence electrons. The topological polar surface area (TPSA) is 6.48 Å². The van der Waals surface area contributed by atoms with Crippen molar-refractivity contribution >= 4 is 11.3 Å². The number of nitrogens with zero attached hydrogens (tertiary/aromatic N) is 2. The predicted molar refractivity (Wildman–Crippen MR) is 128 cm³/mol. The van der Waals surface area contributed by atoms with Crippen LogP contribution in [-0.4, -0.2) is 37.0 Å². The highest BCUT2D eigenvalue weighted by Gasteiger charge is 2.26. The Morgan fingerprint density at radius 3 is 1.90 bits per heavy atom. The quantitative estimate of drug-likeness (QED) is 0.476. The van der Waals surface area contributed by atoms with E-state index in [1.54, 1.807) is 0 Å². The van der Waals surface area contributed by atoms with Gasteiger partial charge in [-0.15, -0.1) is 0 Å². The molecule has 0 saturated heterocycles. The Kier molecular flexibility index (Phi) is 6.46. The molecule has 0 bridgehead atoms. The average molecular weight is 395 g/mol. The zero-order valence-electron chi connectivity index (χ0n) is 17.9. The third-order valence-electron chi connectivity index (χ3n) is 5.60. The second-order valence-corrected chi connectivity index (χ2v) is 8.09. The van der Waals surface area contributed by atoms with Gasteiger partial charge in [0.1, 0.15) is 0 Å². The molecule has 2 heteroatoms. The first kappa shape index (κ1) is 20.2. The molecular formula is C28H30N2. The molecule has 4 rings (SSSR count). The van der Waals surface area contributed by atoms with Gasteiger partial charge in [0.05, 0.1) is 6.04 Å². The van der Waals surface area contributed by atoms with Crippen molar-refractivity contribution < 1.29 is 0 Å². The van der Waals surface area contributed by atoms with E-state index in [1.165, 1.54) is 28.0 Å². The summed E-state index contributed by atoms with van der Waals surface area (Å²) >= 11 is 0. The Morgan fingerprint density at radius 1 is 0.733 bits per heavy atom. The minimum Gasteiger partial charge on any atom is -0.360 e. The Labute approximate surface area is 180 Å². The van der Waals surface area contributed by atoms with Gasteiger partial charge in [0, 0.05) is 12.2 Å². The van der Waals surface area contributed by atoms with E-state index in [-0.39, 0.29) is 6.04 Å². The molecule has 0 N–H and O–H groups in total. The van der Waals surface area contributed by atoms with E-state index in [1.807, 2.05) is 0 Å². The second kappa shape index (κ2) is 9.60. The molecule has 0 fully saturated rings. The van der Waals surface area contributed by atoms with Gasteiger partial charge < -0.3 is 9.80 Å². The maximum absolute atomic E-state index is 2.57. The SMILES string of the molecule is CN(C)CCCN1C(c2ccccc2)=CC(c2ccccc2)=CC1c1ccccc1. The highest BCUT2D eigenvalue weighted by Crippen LogP contribution is 2.39. The van der Waals surface area contributed by atoms with Crippen molar-refractivity contribution in [2.24, 2.45) is 0 Å². The van der Waals surface area contributed by atoms with Gasteiger partial charge in [0.25, 0.3) is 0 Å². The Balaban J connectivity index is 1.80. The van der Waals surface area contributed by atoms with Crippen LogP contribution in [-0.2, 0) is 0 Å². The summed E-state index contributed by atoms with van der Waals surface area (Å²) in [4.78, 5) is 4.83. The van der Waals surface area contributed by atoms with Crippen LogP contribution in [0.3, 0.4) is 0 Å². The highest BCUT2D eigenvalue weighted by atomic mass is 15.2. The van der Waals surface area contributed by atoms with Crippen molar-refractivity contribution in [3.63, 3.8) is 0 Å². The van der Waals surface area contributed by atoms with Crippen LogP contribution in [0.5, 0.6) is 0 Å². The molecule has 1 unspecified atom stereocenters. The molecule has 0 radical (unpaired) electrons. The van der Waals surface area contributed by atoms with Gasteiger partial charge in [-0.1, -0.05) is 91.0 Å². The van der Waals surface area contributed by atoms with Crippen LogP contribution >= 0.6 is 0 Å². The van der Waals surface area contributed by atoms with Crippen LogP contribution in [0.4, 0.5) is 0 Å². The van der Waals surface area contributed by atoms with Gasteiger partial charge in [-0.25, -0.2) is 0 Å². The molecular weight excluding hydrogens is 364 g/mol. The molecule has 1 heterocycles. The summed E-state index contributed by atoms with van der Waals surface area (Å²) in [7, 11) is 4.29. The third kappa shape index (κ3) is 4.72. The zero-order valence-corrected chi connectivity index (χ0v) is 17.9. The highest BCUT2D eigenvalue weighted by molar-refractivity contribution is 5.86. The van der Waals surface area contributed by atoms with E-state index in [0.717, 1.165) is 19.5 Å². The summed E-state index contributed by atoms with van der Waals surface area (Å²) in [6, 6.07) is 32.6. The Bertz CT molecular complexity index is 989. The van der Waals surface area contributed by atoms with Crippen molar-refractivity contribution in [2.75, 3.05) is 27.2 Å². The number of hydrogen-bond acceptors (Lipinski definition) is 2. The molecule has 30 heavy (non-hydrogen) atoms. The second-order valence-electron chi connectivity index (χ2n) is 8.09. The van der Waals surface area contributed by atoms with Crippen molar-refractivity contribution in [3.8, 4) is 0 Å². The average Bonchev–Trinajstić information content (AvgIpc) is 2.80. The fraction of sp³-hybridized carbons (Fsp3) is 0.214. The van der Waals surface area contributed by atoms with Crippen molar-refractivity contribution in [3.05, 3.63) is 120 Å². The predicted octanol–water partition coefficient (Wildman–Crippen LogP) is 6.12. The number of benzene rings is 3. The van der Waals surface area contributed by atoms with Gasteiger partial charge in [0.2, 0.25) is 0 Å². The molecule has 0 aromatic heterocycles. The van der Waals surface area contributed by atoms with Crippen molar-refractivity contribution in [1.82, 2.24) is 9.80 Å². The van der Waals surface area contributed by atoms with E-state index in [4.69, 9.17) is 0 Å². The maximum Gasteiger partial charge on any atom is 0.0735 e. The minimum atomic E-state index is 0.212. The van der Waals surface area contributed by atoms with Crippen LogP contribution in [0, 0.1) is 0 Å². The standard InChI is InChI=1S/C28H30N2/c1-29(2)19-12-20-30-27(24-15-8-4-9-16-24)21-26(23-13-6-3-7-14-23)22-28(30)25-17-10-5-11-18-25/h3-11,13-18,21-22,27H,12,19-20H2,1-2H3. The molecule has 0 spiro atoms. The first-order chi connectivity index (χ1) is 14.7. The molecule has 3 aromatic carbocycles. The van der Waals surface area contributed by atoms with Gasteiger partial charge in [0.15, 0.2) is 0 Å². The lowest BCUT2D eigenvalue weighted by Crippen LogP contribution is -2.31. The van der Waals surface area contributed by atoms with Gasteiger partial charge in [-0.2, -0.15) is 0 Å². The Hall–Kier alpha value is -3.10. The maximum atomic E-state index is 2.57. The fourth-order valence-electron chi connectivity index (χ4n) is 4.10. The molecule has 0 amide bonds. The lowest BCUT2D eigenvalue weighted by molar-refractivity contribution is 0.306. The molecule has 0 saturated carbocycles. The normalized spacial score (nSPS) is 16.4. The Morgan fingerprint density at radius 2 is 1.30 bits per heavy atom. The van der Waals surface area contributed by atoms with Crippen molar-refractivity contribution in [1.29, 1.82) is 0 Å². The minimum absolute atomic E-state index is 0.212. The van der Waals surface area contributed by atoms with Crippen LogP contribution in [0.25, 0.3) is 11.3 Å². The molecule has 3 aromatic rings. The van der Waals surface area contributed by atoms with E-state index < -0.39 is 0 Å². The zero-order chi connectivity index (χ0) is 20.8. The smallest absolute Gasteiger partial charge is 0.0735 e. The number of hydrogen-bond donors (Lipinski definition) is 0. The largest absolute Gasteiger partial charge is 0.360 e. The summed E-state index contributed by atoms with van der Waals surface area (Å²) in [6.45, 7) is 2.09. The molecule has 2 nitrogen and oxygen atoms in total. The lowest BCUT2D eigenvalue weighted by Gasteiger charge is -2.38. The van der Waals surface area contributed by atoms with E-state index in [9.17, 15) is 0 Å². The number of allylic oxidation sites excluding steroid dienone is 2. The molecule has 1 aliphatic rings. The van der Waals surface area contributed by atoms with Crippen LogP contribution in [0.2, 0.25) is 0 Å². The van der Waals surface area contributed by atoms with E-state index >= 15 is 0 Å². The van der Waals surface area contributed by atoms with Gasteiger partial charge in [-0.05, 0) is 61.5 Å².